The first kappa shape index (κ1) is 19.3. The summed E-state index contributed by atoms with van der Waals surface area (Å²) in [6, 6.07) is 0. The highest BCUT2D eigenvalue weighted by Crippen LogP contribution is 2.44. The molecule has 144 valence electrons. The first-order valence-corrected chi connectivity index (χ1v) is 8.60. The van der Waals surface area contributed by atoms with Gasteiger partial charge in [0.15, 0.2) is 22.8 Å². The van der Waals surface area contributed by atoms with E-state index in [1.165, 1.54) is 12.2 Å². The number of carbonyl (C=O) groups excluding carboxylic acids is 2. The quantitative estimate of drug-likeness (QED) is 0.454. The molecule has 0 aromatic heterocycles. The molecule has 0 aromatic rings. The van der Waals surface area contributed by atoms with Crippen molar-refractivity contribution in [3.05, 3.63) is 25.3 Å². The maximum atomic E-state index is 11.5. The number of carbonyl (C=O) groups is 2. The number of fused-ring (bicyclic) bond motifs is 4. The number of ether oxygens (including phenoxy) is 2. The Bertz CT molecular complexity index is 579. The minimum atomic E-state index is -1.20. The van der Waals surface area contributed by atoms with E-state index in [1.54, 1.807) is 0 Å². The Labute approximate surface area is 150 Å². The van der Waals surface area contributed by atoms with Crippen molar-refractivity contribution in [2.45, 2.75) is 73.5 Å². The van der Waals surface area contributed by atoms with Crippen molar-refractivity contribution in [1.29, 1.82) is 0 Å². The van der Waals surface area contributed by atoms with Crippen LogP contribution < -0.4 is 0 Å². The SMILES string of the molecule is C=CC[C@]12O[C@H](CC1=O)[C@@H](O)[C@H]2O.C=CC[C@]12O[C@H](CC1=O)[C@@H](O)[C@H]2O. The van der Waals surface area contributed by atoms with Gasteiger partial charge in [0, 0.05) is 25.7 Å². The number of Topliss-reactive ketones (excluding diaryl/α,β-unsaturated/α-hetero) is 2. The van der Waals surface area contributed by atoms with Gasteiger partial charge in [0.2, 0.25) is 0 Å². The summed E-state index contributed by atoms with van der Waals surface area (Å²) in [5.41, 5.74) is -2.41. The van der Waals surface area contributed by atoms with E-state index in [2.05, 4.69) is 13.2 Å². The van der Waals surface area contributed by atoms with Crippen molar-refractivity contribution in [1.82, 2.24) is 0 Å². The molecule has 26 heavy (non-hydrogen) atoms. The lowest BCUT2D eigenvalue weighted by Gasteiger charge is -2.28. The first-order valence-electron chi connectivity index (χ1n) is 8.60. The summed E-state index contributed by atoms with van der Waals surface area (Å²) in [6.07, 6.45) is -1.13. The van der Waals surface area contributed by atoms with Gasteiger partial charge >= 0.3 is 0 Å². The van der Waals surface area contributed by atoms with Crippen LogP contribution in [0.1, 0.15) is 25.7 Å². The molecule has 4 aliphatic rings. The number of aliphatic hydroxyl groups is 4. The molecule has 0 spiro atoms. The highest BCUT2D eigenvalue weighted by Gasteiger charge is 2.64. The average molecular weight is 368 g/mol. The second-order valence-corrected chi connectivity index (χ2v) is 7.20. The van der Waals surface area contributed by atoms with E-state index in [4.69, 9.17) is 9.47 Å². The maximum absolute atomic E-state index is 11.5. The average Bonchev–Trinajstić information content (AvgIpc) is 3.24. The Morgan fingerprint density at radius 3 is 1.46 bits per heavy atom. The second kappa shape index (κ2) is 6.63. The smallest absolute Gasteiger partial charge is 0.170 e. The third-order valence-corrected chi connectivity index (χ3v) is 5.70. The van der Waals surface area contributed by atoms with Crippen molar-refractivity contribution >= 4 is 11.6 Å². The van der Waals surface area contributed by atoms with Crippen LogP contribution in [0.2, 0.25) is 0 Å². The number of aliphatic hydroxyl groups excluding tert-OH is 4. The van der Waals surface area contributed by atoms with Crippen molar-refractivity contribution < 1.29 is 39.5 Å². The van der Waals surface area contributed by atoms with Crippen LogP contribution in [0.5, 0.6) is 0 Å². The zero-order valence-electron chi connectivity index (χ0n) is 14.3. The van der Waals surface area contributed by atoms with Gasteiger partial charge in [-0.1, -0.05) is 12.2 Å². The van der Waals surface area contributed by atoms with Gasteiger partial charge in [-0.25, -0.2) is 0 Å². The Balaban J connectivity index is 0.000000151. The van der Waals surface area contributed by atoms with Crippen LogP contribution in [-0.4, -0.2) is 79.8 Å². The zero-order chi connectivity index (χ0) is 19.3. The zero-order valence-corrected chi connectivity index (χ0v) is 14.3. The molecule has 0 saturated carbocycles. The van der Waals surface area contributed by atoms with Gasteiger partial charge in [-0.2, -0.15) is 0 Å². The van der Waals surface area contributed by atoms with Crippen LogP contribution >= 0.6 is 0 Å². The van der Waals surface area contributed by atoms with Crippen LogP contribution in [0, 0.1) is 0 Å². The Hall–Kier alpha value is -1.42. The molecule has 0 radical (unpaired) electrons. The molecule has 8 heteroatoms. The summed E-state index contributed by atoms with van der Waals surface area (Å²) in [5.74, 6) is -0.259. The van der Waals surface area contributed by atoms with Crippen LogP contribution in [0.25, 0.3) is 0 Å². The minimum absolute atomic E-state index is 0.129. The monoisotopic (exact) mass is 368 g/mol. The molecule has 8 atom stereocenters. The van der Waals surface area contributed by atoms with Crippen molar-refractivity contribution in [3.8, 4) is 0 Å². The lowest BCUT2D eigenvalue weighted by molar-refractivity contribution is -0.140. The molecule has 0 aromatic carbocycles. The van der Waals surface area contributed by atoms with Gasteiger partial charge in [0.05, 0.1) is 12.2 Å². The Morgan fingerprint density at radius 2 is 1.19 bits per heavy atom. The second-order valence-electron chi connectivity index (χ2n) is 7.20. The minimum Gasteiger partial charge on any atom is -0.388 e. The van der Waals surface area contributed by atoms with E-state index in [9.17, 15) is 30.0 Å². The van der Waals surface area contributed by atoms with Gasteiger partial charge in [-0.3, -0.25) is 9.59 Å². The van der Waals surface area contributed by atoms with Gasteiger partial charge in [0.25, 0.3) is 0 Å². The van der Waals surface area contributed by atoms with Gasteiger partial charge in [0.1, 0.15) is 24.4 Å². The summed E-state index contributed by atoms with van der Waals surface area (Å²) in [7, 11) is 0. The standard InChI is InChI=1S/2C9H12O4/c2*1-2-3-9-6(10)4-5(13-9)7(11)8(9)12/h2*2,5,7-8,11-12H,1,3-4H2/t2*5-,7-,8-,9+/m11/s1. The van der Waals surface area contributed by atoms with Crippen LogP contribution in [0.15, 0.2) is 25.3 Å². The normalized spacial score (nSPS) is 48.5. The molecule has 8 nitrogen and oxygen atoms in total. The van der Waals surface area contributed by atoms with Crippen LogP contribution in [0.4, 0.5) is 0 Å². The Morgan fingerprint density at radius 1 is 0.846 bits per heavy atom. The molecule has 4 bridgehead atoms. The number of ketones is 2. The molecule has 4 heterocycles. The Kier molecular flexibility index (Phi) is 4.93. The fourth-order valence-electron chi connectivity index (χ4n) is 4.27. The molecule has 4 saturated heterocycles. The number of hydrogen-bond donors (Lipinski definition) is 4. The van der Waals surface area contributed by atoms with Gasteiger partial charge < -0.3 is 29.9 Å². The van der Waals surface area contributed by atoms with Crippen molar-refractivity contribution in [3.63, 3.8) is 0 Å². The predicted molar refractivity (Wildman–Crippen MR) is 88.1 cm³/mol. The molecule has 4 fully saturated rings. The summed E-state index contributed by atoms with van der Waals surface area (Å²) >= 11 is 0. The van der Waals surface area contributed by atoms with Crippen LogP contribution in [0.3, 0.4) is 0 Å². The van der Waals surface area contributed by atoms with E-state index >= 15 is 0 Å². The fraction of sp³-hybridized carbons (Fsp3) is 0.667. The van der Waals surface area contributed by atoms with E-state index < -0.39 is 47.8 Å². The molecule has 0 amide bonds. The fourth-order valence-corrected chi connectivity index (χ4v) is 4.27. The molecule has 0 unspecified atom stereocenters. The highest BCUT2D eigenvalue weighted by atomic mass is 16.6. The lowest BCUT2D eigenvalue weighted by Crippen LogP contribution is -2.51. The third kappa shape index (κ3) is 2.52. The predicted octanol–water partition coefficient (Wildman–Crippen LogP) is -1.21. The third-order valence-electron chi connectivity index (χ3n) is 5.70. The summed E-state index contributed by atoms with van der Waals surface area (Å²) < 4.78 is 10.6. The molecule has 0 aliphatic carbocycles. The van der Waals surface area contributed by atoms with Crippen molar-refractivity contribution in [2.75, 3.05) is 0 Å². The highest BCUT2D eigenvalue weighted by molar-refractivity contribution is 5.92. The maximum Gasteiger partial charge on any atom is 0.170 e. The summed E-state index contributed by atoms with van der Waals surface area (Å²) in [4.78, 5) is 22.9. The van der Waals surface area contributed by atoms with E-state index in [0.29, 0.717) is 0 Å². The van der Waals surface area contributed by atoms with Gasteiger partial charge in [-0.05, 0) is 0 Å². The van der Waals surface area contributed by atoms with E-state index in [0.717, 1.165) is 0 Å². The van der Waals surface area contributed by atoms with Gasteiger partial charge in [-0.15, -0.1) is 13.2 Å². The largest absolute Gasteiger partial charge is 0.388 e. The number of hydrogen-bond acceptors (Lipinski definition) is 8. The van der Waals surface area contributed by atoms with Crippen LogP contribution in [-0.2, 0) is 19.1 Å². The first-order chi connectivity index (χ1) is 12.2. The topological polar surface area (TPSA) is 134 Å². The van der Waals surface area contributed by atoms with E-state index in [-0.39, 0.29) is 37.2 Å². The molecular weight excluding hydrogens is 344 g/mol. The van der Waals surface area contributed by atoms with E-state index in [1.807, 2.05) is 0 Å². The molecule has 4 N–H and O–H groups in total. The summed E-state index contributed by atoms with van der Waals surface area (Å²) in [5, 5.41) is 38.1. The van der Waals surface area contributed by atoms with Crippen molar-refractivity contribution in [2.24, 2.45) is 0 Å². The lowest BCUT2D eigenvalue weighted by atomic mass is 9.81. The molecular formula is C18H24O8. The number of rotatable bonds is 4. The summed E-state index contributed by atoms with van der Waals surface area (Å²) in [6.45, 7) is 7.01. The molecule has 4 rings (SSSR count). The molecule has 4 aliphatic heterocycles.